The number of hydrogen-bond acceptors (Lipinski definition) is 7. The van der Waals surface area contributed by atoms with Crippen molar-refractivity contribution in [3.05, 3.63) is 53.9 Å². The van der Waals surface area contributed by atoms with E-state index in [9.17, 15) is 4.79 Å². The van der Waals surface area contributed by atoms with Crippen LogP contribution in [0.15, 0.2) is 42.6 Å². The highest BCUT2D eigenvalue weighted by molar-refractivity contribution is 5.76. The highest BCUT2D eigenvalue weighted by Crippen LogP contribution is 2.39. The van der Waals surface area contributed by atoms with Gasteiger partial charge in [0.05, 0.1) is 5.69 Å². The van der Waals surface area contributed by atoms with Gasteiger partial charge in [-0.25, -0.2) is 4.98 Å². The van der Waals surface area contributed by atoms with Gasteiger partial charge in [0.25, 0.3) is 0 Å². The maximum atomic E-state index is 12.2. The number of aromatic amines is 1. The quantitative estimate of drug-likeness (QED) is 0.293. The van der Waals surface area contributed by atoms with Crippen LogP contribution in [0.1, 0.15) is 55.7 Å². The molecule has 2 fully saturated rings. The number of likely N-dealkylation sites (tertiary alicyclic amines) is 1. The Morgan fingerprint density at radius 1 is 1.09 bits per heavy atom. The van der Waals surface area contributed by atoms with Crippen LogP contribution in [-0.2, 0) is 11.2 Å². The number of hydrogen-bond donors (Lipinski definition) is 4. The van der Waals surface area contributed by atoms with Crippen molar-refractivity contribution in [3.8, 4) is 0 Å². The Kier molecular flexibility index (Phi) is 7.53. The number of nitrogens with one attached hydrogen (secondary N) is 4. The molecule has 5 rings (SSSR count). The molecule has 184 valence electrons. The Labute approximate surface area is 206 Å². The summed E-state index contributed by atoms with van der Waals surface area (Å²) >= 11 is 0. The Balaban J connectivity index is 1.04. The summed E-state index contributed by atoms with van der Waals surface area (Å²) in [6.07, 6.45) is 9.02. The topological polar surface area (TPSA) is 111 Å². The molecule has 3 heterocycles. The molecule has 9 heteroatoms. The van der Waals surface area contributed by atoms with Crippen molar-refractivity contribution in [3.63, 3.8) is 0 Å². The minimum absolute atomic E-state index is 0.118. The molecule has 1 saturated heterocycles. The first kappa shape index (κ1) is 23.3. The van der Waals surface area contributed by atoms with E-state index >= 15 is 0 Å². The van der Waals surface area contributed by atoms with Gasteiger partial charge in [-0.1, -0.05) is 12.1 Å². The second kappa shape index (κ2) is 11.3. The third kappa shape index (κ3) is 7.02. The van der Waals surface area contributed by atoms with Crippen LogP contribution < -0.4 is 16.0 Å². The Bertz CT molecular complexity index is 1100. The molecule has 9 nitrogen and oxygen atoms in total. The van der Waals surface area contributed by atoms with Crippen molar-refractivity contribution in [2.24, 2.45) is 0 Å². The zero-order valence-corrected chi connectivity index (χ0v) is 20.1. The first-order valence-corrected chi connectivity index (χ1v) is 12.7. The molecule has 4 N–H and O–H groups in total. The van der Waals surface area contributed by atoms with E-state index in [1.165, 1.54) is 38.8 Å². The number of rotatable bonds is 12. The predicted molar refractivity (Wildman–Crippen MR) is 137 cm³/mol. The average molecular weight is 475 g/mol. The van der Waals surface area contributed by atoms with Gasteiger partial charge in [0.15, 0.2) is 0 Å². The summed E-state index contributed by atoms with van der Waals surface area (Å²) < 4.78 is 0. The van der Waals surface area contributed by atoms with Crippen molar-refractivity contribution in [1.82, 2.24) is 30.4 Å². The van der Waals surface area contributed by atoms with Crippen LogP contribution in [0.2, 0.25) is 0 Å². The highest BCUT2D eigenvalue weighted by atomic mass is 16.1. The lowest BCUT2D eigenvalue weighted by Crippen LogP contribution is -2.28. The van der Waals surface area contributed by atoms with E-state index < -0.39 is 0 Å². The molecular formula is C26H34N8O. The number of anilines is 4. The number of amides is 1. The first-order chi connectivity index (χ1) is 17.2. The first-order valence-electron chi connectivity index (χ1n) is 12.7. The van der Waals surface area contributed by atoms with Gasteiger partial charge in [0, 0.05) is 36.8 Å². The van der Waals surface area contributed by atoms with Crippen LogP contribution in [0.5, 0.6) is 0 Å². The van der Waals surface area contributed by atoms with Crippen LogP contribution in [0.4, 0.5) is 23.3 Å². The maximum absolute atomic E-state index is 12.2. The van der Waals surface area contributed by atoms with Crippen molar-refractivity contribution in [1.29, 1.82) is 0 Å². The molecule has 1 aromatic carbocycles. The molecule has 0 bridgehead atoms. The number of H-pyrrole nitrogens is 1. The van der Waals surface area contributed by atoms with Crippen molar-refractivity contribution >= 4 is 29.2 Å². The van der Waals surface area contributed by atoms with Gasteiger partial charge in [-0.2, -0.15) is 10.1 Å². The highest BCUT2D eigenvalue weighted by Gasteiger charge is 2.26. The van der Waals surface area contributed by atoms with E-state index in [0.717, 1.165) is 48.7 Å². The van der Waals surface area contributed by atoms with Crippen LogP contribution in [0.25, 0.3) is 0 Å². The number of nitrogens with zero attached hydrogens (tertiary/aromatic N) is 4. The Morgan fingerprint density at radius 2 is 1.91 bits per heavy atom. The van der Waals surface area contributed by atoms with Gasteiger partial charge in [0.1, 0.15) is 11.6 Å². The monoisotopic (exact) mass is 474 g/mol. The lowest BCUT2D eigenvalue weighted by molar-refractivity contribution is -0.121. The van der Waals surface area contributed by atoms with Crippen molar-refractivity contribution in [2.45, 2.75) is 50.9 Å². The molecule has 35 heavy (non-hydrogen) atoms. The molecule has 0 unspecified atom stereocenters. The molecule has 2 aliphatic rings. The summed E-state index contributed by atoms with van der Waals surface area (Å²) in [5.41, 5.74) is 3.13. The van der Waals surface area contributed by atoms with E-state index in [2.05, 4.69) is 41.0 Å². The third-order valence-corrected chi connectivity index (χ3v) is 6.53. The molecular weight excluding hydrogens is 440 g/mol. The van der Waals surface area contributed by atoms with Crippen LogP contribution in [0, 0.1) is 0 Å². The zero-order valence-electron chi connectivity index (χ0n) is 20.1. The van der Waals surface area contributed by atoms with Crippen LogP contribution in [0.3, 0.4) is 0 Å². The minimum Gasteiger partial charge on any atom is -0.356 e. The van der Waals surface area contributed by atoms with Gasteiger partial charge in [-0.05, 0) is 81.9 Å². The fourth-order valence-corrected chi connectivity index (χ4v) is 4.38. The lowest BCUT2D eigenvalue weighted by Gasteiger charge is -2.14. The third-order valence-electron chi connectivity index (χ3n) is 6.53. The zero-order chi connectivity index (χ0) is 23.9. The smallest absolute Gasteiger partial charge is 0.229 e. The summed E-state index contributed by atoms with van der Waals surface area (Å²) in [6, 6.07) is 11.9. The van der Waals surface area contributed by atoms with Crippen LogP contribution in [-0.4, -0.2) is 57.2 Å². The molecule has 0 radical (unpaired) electrons. The predicted octanol–water partition coefficient (Wildman–Crippen LogP) is 4.10. The fraction of sp³-hybridized carbons (Fsp3) is 0.462. The van der Waals surface area contributed by atoms with E-state index in [1.807, 2.05) is 36.4 Å². The summed E-state index contributed by atoms with van der Waals surface area (Å²) in [4.78, 5) is 23.5. The maximum Gasteiger partial charge on any atom is 0.229 e. The number of carbonyl (C=O) groups is 1. The molecule has 1 amide bonds. The molecule has 1 aliphatic heterocycles. The summed E-state index contributed by atoms with van der Waals surface area (Å²) in [5, 5.41) is 16.9. The fourth-order valence-electron chi connectivity index (χ4n) is 4.38. The van der Waals surface area contributed by atoms with Gasteiger partial charge in [-0.15, -0.1) is 0 Å². The van der Waals surface area contributed by atoms with Gasteiger partial charge in [0.2, 0.25) is 11.9 Å². The lowest BCUT2D eigenvalue weighted by atomic mass is 10.1. The van der Waals surface area contributed by atoms with E-state index in [0.29, 0.717) is 24.1 Å². The number of aromatic nitrogens is 4. The van der Waals surface area contributed by atoms with Gasteiger partial charge in [-0.3, -0.25) is 9.89 Å². The van der Waals surface area contributed by atoms with Crippen LogP contribution >= 0.6 is 0 Å². The van der Waals surface area contributed by atoms with E-state index in [4.69, 9.17) is 0 Å². The standard InChI is InChI=1S/C26H34N8O/c35-25(27-13-3-17-34-15-1-2-16-34)11-6-19-4-9-21(10-5-19)29-26-28-14-12-23(31-26)30-24-18-22(32-33-24)20-7-8-20/h4-5,9-10,12,14,18,20H,1-3,6-8,11,13,15-17H2,(H,27,35)(H3,28,29,30,31,32,33). The molecule has 0 atom stereocenters. The normalized spacial score (nSPS) is 15.8. The molecule has 1 saturated carbocycles. The number of aryl methyl sites for hydroxylation is 1. The SMILES string of the molecule is O=C(CCc1ccc(Nc2nccc(Nc3cc(C4CC4)n[nH]3)n2)cc1)NCCCN1CCCC1. The second-order valence-electron chi connectivity index (χ2n) is 9.45. The molecule has 0 spiro atoms. The molecule has 1 aliphatic carbocycles. The van der Waals surface area contributed by atoms with Gasteiger partial charge >= 0.3 is 0 Å². The summed E-state index contributed by atoms with van der Waals surface area (Å²) in [6.45, 7) is 4.26. The van der Waals surface area contributed by atoms with Crippen molar-refractivity contribution in [2.75, 3.05) is 36.8 Å². The van der Waals surface area contributed by atoms with Crippen molar-refractivity contribution < 1.29 is 4.79 Å². The number of carbonyl (C=O) groups excluding carboxylic acids is 1. The second-order valence-corrected chi connectivity index (χ2v) is 9.45. The summed E-state index contributed by atoms with van der Waals surface area (Å²) in [7, 11) is 0. The van der Waals surface area contributed by atoms with E-state index in [1.54, 1.807) is 6.20 Å². The minimum atomic E-state index is 0.118. The molecule has 2 aromatic heterocycles. The van der Waals surface area contributed by atoms with E-state index in [-0.39, 0.29) is 5.91 Å². The summed E-state index contributed by atoms with van der Waals surface area (Å²) in [5.74, 6) is 2.75. The Morgan fingerprint density at radius 3 is 2.71 bits per heavy atom. The average Bonchev–Trinajstić information content (AvgIpc) is 3.39. The number of benzene rings is 1. The largest absolute Gasteiger partial charge is 0.356 e. The van der Waals surface area contributed by atoms with Gasteiger partial charge < -0.3 is 20.9 Å². The molecule has 3 aromatic rings. The Hall–Kier alpha value is -3.46.